The lowest BCUT2D eigenvalue weighted by Crippen LogP contribution is -2.30. The van der Waals surface area contributed by atoms with E-state index in [9.17, 15) is 4.79 Å². The van der Waals surface area contributed by atoms with E-state index in [1.807, 2.05) is 24.0 Å². The zero-order valence-corrected chi connectivity index (χ0v) is 10.6. The second kappa shape index (κ2) is 4.78. The summed E-state index contributed by atoms with van der Waals surface area (Å²) >= 11 is 0. The summed E-state index contributed by atoms with van der Waals surface area (Å²) < 4.78 is 0. The van der Waals surface area contributed by atoms with Crippen LogP contribution in [-0.4, -0.2) is 23.9 Å². The van der Waals surface area contributed by atoms with Crippen LogP contribution in [0.2, 0.25) is 0 Å². The van der Waals surface area contributed by atoms with E-state index in [0.29, 0.717) is 17.2 Å². The number of anilines is 1. The van der Waals surface area contributed by atoms with Crippen molar-refractivity contribution in [3.05, 3.63) is 29.3 Å². The van der Waals surface area contributed by atoms with Crippen molar-refractivity contribution in [3.63, 3.8) is 0 Å². The van der Waals surface area contributed by atoms with E-state index in [-0.39, 0.29) is 5.91 Å². The molecule has 1 aliphatic heterocycles. The fraction of sp³-hybridized carbons (Fsp3) is 0.500. The van der Waals surface area contributed by atoms with Crippen LogP contribution in [0.5, 0.6) is 0 Å². The molecule has 92 valence electrons. The summed E-state index contributed by atoms with van der Waals surface area (Å²) in [6, 6.07) is 5.63. The van der Waals surface area contributed by atoms with E-state index < -0.39 is 0 Å². The second-order valence-electron chi connectivity index (χ2n) is 4.85. The number of carbonyl (C=O) groups excluding carboxylic acids is 1. The SMILES string of the molecule is CCC1CCN(C(=O)c2c(C)cccc2N)C1. The van der Waals surface area contributed by atoms with E-state index in [4.69, 9.17) is 5.73 Å². The summed E-state index contributed by atoms with van der Waals surface area (Å²) in [5.74, 6) is 0.751. The topological polar surface area (TPSA) is 46.3 Å². The molecule has 0 saturated carbocycles. The van der Waals surface area contributed by atoms with Crippen LogP contribution in [0.1, 0.15) is 35.7 Å². The van der Waals surface area contributed by atoms with Crippen LogP contribution in [-0.2, 0) is 0 Å². The third kappa shape index (κ3) is 2.28. The molecule has 1 aliphatic rings. The molecule has 1 unspecified atom stereocenters. The Balaban J connectivity index is 2.21. The number of benzene rings is 1. The van der Waals surface area contributed by atoms with E-state index in [0.717, 1.165) is 31.5 Å². The first-order valence-electron chi connectivity index (χ1n) is 6.27. The van der Waals surface area contributed by atoms with Crippen LogP contribution in [0.15, 0.2) is 18.2 Å². The largest absolute Gasteiger partial charge is 0.398 e. The number of amides is 1. The third-order valence-corrected chi connectivity index (χ3v) is 3.67. The molecule has 0 aromatic heterocycles. The van der Waals surface area contributed by atoms with Gasteiger partial charge in [-0.05, 0) is 30.9 Å². The van der Waals surface area contributed by atoms with Crippen molar-refractivity contribution in [1.82, 2.24) is 4.90 Å². The number of aryl methyl sites for hydroxylation is 1. The van der Waals surface area contributed by atoms with Gasteiger partial charge >= 0.3 is 0 Å². The molecule has 3 heteroatoms. The van der Waals surface area contributed by atoms with Crippen molar-refractivity contribution in [3.8, 4) is 0 Å². The maximum atomic E-state index is 12.4. The third-order valence-electron chi connectivity index (χ3n) is 3.67. The lowest BCUT2D eigenvalue weighted by molar-refractivity contribution is 0.0787. The van der Waals surface area contributed by atoms with E-state index in [1.165, 1.54) is 0 Å². The maximum absolute atomic E-state index is 12.4. The highest BCUT2D eigenvalue weighted by molar-refractivity contribution is 6.00. The molecule has 1 aromatic carbocycles. The highest BCUT2D eigenvalue weighted by Crippen LogP contribution is 2.24. The normalized spacial score (nSPS) is 19.6. The van der Waals surface area contributed by atoms with Crippen molar-refractivity contribution < 1.29 is 4.79 Å². The Kier molecular flexibility index (Phi) is 3.36. The average molecular weight is 232 g/mol. The zero-order valence-electron chi connectivity index (χ0n) is 10.6. The Hall–Kier alpha value is -1.51. The first-order valence-corrected chi connectivity index (χ1v) is 6.27. The minimum absolute atomic E-state index is 0.0940. The lowest BCUT2D eigenvalue weighted by atomic mass is 10.1. The molecular formula is C14H20N2O. The number of carbonyl (C=O) groups is 1. The van der Waals surface area contributed by atoms with Gasteiger partial charge in [0.15, 0.2) is 0 Å². The minimum Gasteiger partial charge on any atom is -0.398 e. The molecule has 0 bridgehead atoms. The Bertz CT molecular complexity index is 408. The second-order valence-corrected chi connectivity index (χ2v) is 4.85. The summed E-state index contributed by atoms with van der Waals surface area (Å²) in [6.07, 6.45) is 2.26. The van der Waals surface area contributed by atoms with Crippen LogP contribution < -0.4 is 5.73 Å². The molecular weight excluding hydrogens is 212 g/mol. The number of hydrogen-bond donors (Lipinski definition) is 1. The number of likely N-dealkylation sites (tertiary alicyclic amines) is 1. The number of rotatable bonds is 2. The van der Waals surface area contributed by atoms with E-state index in [2.05, 4.69) is 6.92 Å². The van der Waals surface area contributed by atoms with Gasteiger partial charge in [0.1, 0.15) is 0 Å². The molecule has 0 spiro atoms. The number of nitrogens with zero attached hydrogens (tertiary/aromatic N) is 1. The molecule has 2 rings (SSSR count). The summed E-state index contributed by atoms with van der Waals surface area (Å²) in [5, 5.41) is 0. The van der Waals surface area contributed by atoms with Gasteiger partial charge < -0.3 is 10.6 Å². The van der Waals surface area contributed by atoms with Gasteiger partial charge in [-0.1, -0.05) is 25.5 Å². The van der Waals surface area contributed by atoms with Gasteiger partial charge in [0, 0.05) is 18.8 Å². The predicted octanol–water partition coefficient (Wildman–Crippen LogP) is 2.45. The van der Waals surface area contributed by atoms with Crippen LogP contribution in [0.25, 0.3) is 0 Å². The minimum atomic E-state index is 0.0940. The first-order chi connectivity index (χ1) is 8.13. The molecule has 2 N–H and O–H groups in total. The summed E-state index contributed by atoms with van der Waals surface area (Å²) in [5.41, 5.74) is 8.15. The number of nitrogens with two attached hydrogens (primary N) is 1. The standard InChI is InChI=1S/C14H20N2O/c1-3-11-7-8-16(9-11)14(17)13-10(2)5-4-6-12(13)15/h4-6,11H,3,7-9,15H2,1-2H3. The predicted molar refractivity (Wildman–Crippen MR) is 69.9 cm³/mol. The molecule has 1 fully saturated rings. The van der Waals surface area contributed by atoms with Crippen molar-refractivity contribution in [2.75, 3.05) is 18.8 Å². The van der Waals surface area contributed by atoms with Crippen molar-refractivity contribution in [2.45, 2.75) is 26.7 Å². The van der Waals surface area contributed by atoms with Crippen LogP contribution in [0.3, 0.4) is 0 Å². The highest BCUT2D eigenvalue weighted by atomic mass is 16.2. The van der Waals surface area contributed by atoms with E-state index in [1.54, 1.807) is 6.07 Å². The summed E-state index contributed by atoms with van der Waals surface area (Å²) in [6.45, 7) is 5.87. The van der Waals surface area contributed by atoms with Crippen molar-refractivity contribution in [1.29, 1.82) is 0 Å². The quantitative estimate of drug-likeness (QED) is 0.796. The molecule has 3 nitrogen and oxygen atoms in total. The van der Waals surface area contributed by atoms with Gasteiger partial charge in [0.2, 0.25) is 0 Å². The first kappa shape index (κ1) is 12.0. The fourth-order valence-corrected chi connectivity index (χ4v) is 2.49. The average Bonchev–Trinajstić information content (AvgIpc) is 2.77. The smallest absolute Gasteiger partial charge is 0.256 e. The molecule has 1 heterocycles. The van der Waals surface area contributed by atoms with Crippen LogP contribution in [0, 0.1) is 12.8 Å². The maximum Gasteiger partial charge on any atom is 0.256 e. The van der Waals surface area contributed by atoms with Gasteiger partial charge in [0.25, 0.3) is 5.91 Å². The molecule has 1 aromatic rings. The van der Waals surface area contributed by atoms with Gasteiger partial charge in [-0.15, -0.1) is 0 Å². The Morgan fingerprint density at radius 3 is 2.88 bits per heavy atom. The van der Waals surface area contributed by atoms with E-state index >= 15 is 0 Å². The highest BCUT2D eigenvalue weighted by Gasteiger charge is 2.27. The summed E-state index contributed by atoms with van der Waals surface area (Å²) in [7, 11) is 0. The Labute approximate surface area is 103 Å². The summed E-state index contributed by atoms with van der Waals surface area (Å²) in [4.78, 5) is 14.3. The Morgan fingerprint density at radius 2 is 2.29 bits per heavy atom. The van der Waals surface area contributed by atoms with Gasteiger partial charge in [-0.2, -0.15) is 0 Å². The lowest BCUT2D eigenvalue weighted by Gasteiger charge is -2.18. The van der Waals surface area contributed by atoms with Crippen molar-refractivity contribution in [2.24, 2.45) is 5.92 Å². The zero-order chi connectivity index (χ0) is 12.4. The fourth-order valence-electron chi connectivity index (χ4n) is 2.49. The van der Waals surface area contributed by atoms with Crippen molar-refractivity contribution >= 4 is 11.6 Å². The number of nitrogen functional groups attached to an aromatic ring is 1. The molecule has 0 aliphatic carbocycles. The molecule has 17 heavy (non-hydrogen) atoms. The molecule has 1 atom stereocenters. The molecule has 0 radical (unpaired) electrons. The molecule has 1 amide bonds. The molecule has 1 saturated heterocycles. The van der Waals surface area contributed by atoms with Gasteiger partial charge in [-0.3, -0.25) is 4.79 Å². The van der Waals surface area contributed by atoms with Crippen LogP contribution in [0.4, 0.5) is 5.69 Å². The van der Waals surface area contributed by atoms with Gasteiger partial charge in [-0.25, -0.2) is 0 Å². The van der Waals surface area contributed by atoms with Gasteiger partial charge in [0.05, 0.1) is 5.56 Å². The van der Waals surface area contributed by atoms with Crippen LogP contribution >= 0.6 is 0 Å². The number of hydrogen-bond acceptors (Lipinski definition) is 2. The monoisotopic (exact) mass is 232 g/mol. The Morgan fingerprint density at radius 1 is 1.53 bits per heavy atom.